The van der Waals surface area contributed by atoms with Gasteiger partial charge in [0.1, 0.15) is 12.2 Å². The maximum absolute atomic E-state index is 4.33. The molecule has 3 aromatic heterocycles. The Labute approximate surface area is 123 Å². The first-order chi connectivity index (χ1) is 10.3. The summed E-state index contributed by atoms with van der Waals surface area (Å²) in [7, 11) is 0. The Morgan fingerprint density at radius 1 is 1.33 bits per heavy atom. The normalized spacial score (nSPS) is 11.1. The summed E-state index contributed by atoms with van der Waals surface area (Å²) < 4.78 is 3.90. The summed E-state index contributed by atoms with van der Waals surface area (Å²) in [5.41, 5.74) is 2.67. The molecule has 3 heterocycles. The standard InChI is InChI=1S/C14H19N7/c1-3-13-16-6-8-20(13)7-4-5-15-12-9-11(2)19-21-10-17-18-14(12)21/h6,8-10,15H,3-5,7H2,1-2H3. The second-order valence-electron chi connectivity index (χ2n) is 4.97. The predicted molar refractivity (Wildman–Crippen MR) is 80.2 cm³/mol. The van der Waals surface area contributed by atoms with Crippen molar-refractivity contribution < 1.29 is 0 Å². The number of imidazole rings is 1. The molecule has 0 saturated carbocycles. The fourth-order valence-electron chi connectivity index (χ4n) is 2.41. The molecule has 0 aliphatic heterocycles. The molecule has 0 amide bonds. The molecule has 0 radical (unpaired) electrons. The average molecular weight is 285 g/mol. The third kappa shape index (κ3) is 2.86. The van der Waals surface area contributed by atoms with Gasteiger partial charge in [-0.3, -0.25) is 0 Å². The Bertz CT molecular complexity index is 728. The monoisotopic (exact) mass is 285 g/mol. The molecule has 0 unspecified atom stereocenters. The first kappa shape index (κ1) is 13.5. The van der Waals surface area contributed by atoms with Crippen molar-refractivity contribution in [2.45, 2.75) is 33.2 Å². The lowest BCUT2D eigenvalue weighted by atomic mass is 10.3. The van der Waals surface area contributed by atoms with Crippen LogP contribution in [0.15, 0.2) is 24.8 Å². The van der Waals surface area contributed by atoms with Gasteiger partial charge >= 0.3 is 0 Å². The minimum absolute atomic E-state index is 0.762. The van der Waals surface area contributed by atoms with Gasteiger partial charge in [0.25, 0.3) is 0 Å². The molecule has 0 fully saturated rings. The van der Waals surface area contributed by atoms with Crippen LogP contribution in [0.25, 0.3) is 5.65 Å². The van der Waals surface area contributed by atoms with E-state index in [4.69, 9.17) is 0 Å². The van der Waals surface area contributed by atoms with Gasteiger partial charge < -0.3 is 9.88 Å². The number of anilines is 1. The van der Waals surface area contributed by atoms with Gasteiger partial charge in [-0.05, 0) is 19.4 Å². The zero-order valence-corrected chi connectivity index (χ0v) is 12.3. The van der Waals surface area contributed by atoms with E-state index < -0.39 is 0 Å². The Kier molecular flexibility index (Phi) is 3.81. The van der Waals surface area contributed by atoms with Crippen LogP contribution in [0.4, 0.5) is 5.69 Å². The first-order valence-electron chi connectivity index (χ1n) is 7.19. The number of hydrogen-bond acceptors (Lipinski definition) is 5. The van der Waals surface area contributed by atoms with Crippen LogP contribution in [0.3, 0.4) is 0 Å². The van der Waals surface area contributed by atoms with Crippen LogP contribution in [0.2, 0.25) is 0 Å². The van der Waals surface area contributed by atoms with Crippen LogP contribution < -0.4 is 5.32 Å². The predicted octanol–water partition coefficient (Wildman–Crippen LogP) is 1.69. The van der Waals surface area contributed by atoms with Crippen LogP contribution in [0.5, 0.6) is 0 Å². The zero-order valence-electron chi connectivity index (χ0n) is 12.3. The molecule has 0 atom stereocenters. The lowest BCUT2D eigenvalue weighted by molar-refractivity contribution is 0.629. The van der Waals surface area contributed by atoms with Crippen molar-refractivity contribution in [3.63, 3.8) is 0 Å². The molecule has 110 valence electrons. The molecular formula is C14H19N7. The van der Waals surface area contributed by atoms with Gasteiger partial charge in [-0.2, -0.15) is 9.61 Å². The van der Waals surface area contributed by atoms with E-state index in [0.29, 0.717) is 0 Å². The smallest absolute Gasteiger partial charge is 0.200 e. The molecule has 0 aliphatic carbocycles. The van der Waals surface area contributed by atoms with Crippen molar-refractivity contribution in [3.05, 3.63) is 36.3 Å². The van der Waals surface area contributed by atoms with Crippen LogP contribution in [-0.4, -0.2) is 35.9 Å². The van der Waals surface area contributed by atoms with Crippen LogP contribution in [-0.2, 0) is 13.0 Å². The second kappa shape index (κ2) is 5.90. The van der Waals surface area contributed by atoms with Crippen LogP contribution in [0.1, 0.15) is 24.9 Å². The molecule has 0 saturated heterocycles. The Balaban J connectivity index is 1.61. The number of nitrogens with one attached hydrogen (secondary N) is 1. The third-order valence-corrected chi connectivity index (χ3v) is 3.40. The molecule has 1 N–H and O–H groups in total. The largest absolute Gasteiger partial charge is 0.382 e. The van der Waals surface area contributed by atoms with E-state index in [-0.39, 0.29) is 0 Å². The van der Waals surface area contributed by atoms with E-state index in [9.17, 15) is 0 Å². The zero-order chi connectivity index (χ0) is 14.7. The van der Waals surface area contributed by atoms with Crippen molar-refractivity contribution in [1.82, 2.24) is 29.4 Å². The lowest BCUT2D eigenvalue weighted by Gasteiger charge is -2.09. The highest BCUT2D eigenvalue weighted by Gasteiger charge is 2.05. The fraction of sp³-hybridized carbons (Fsp3) is 0.429. The van der Waals surface area contributed by atoms with Crippen LogP contribution in [0, 0.1) is 6.92 Å². The van der Waals surface area contributed by atoms with Crippen LogP contribution >= 0.6 is 0 Å². The highest BCUT2D eigenvalue weighted by Crippen LogP contribution is 2.14. The molecule has 3 rings (SSSR count). The van der Waals surface area contributed by atoms with E-state index in [1.165, 1.54) is 0 Å². The summed E-state index contributed by atoms with van der Waals surface area (Å²) in [4.78, 5) is 4.33. The minimum atomic E-state index is 0.762. The third-order valence-electron chi connectivity index (χ3n) is 3.40. The highest BCUT2D eigenvalue weighted by atomic mass is 15.3. The number of hydrogen-bond donors (Lipinski definition) is 1. The molecule has 3 aromatic rings. The van der Waals surface area contributed by atoms with Gasteiger partial charge in [0, 0.05) is 31.9 Å². The lowest BCUT2D eigenvalue weighted by Crippen LogP contribution is -2.10. The van der Waals surface area contributed by atoms with Crippen molar-refractivity contribution >= 4 is 11.3 Å². The Morgan fingerprint density at radius 2 is 2.24 bits per heavy atom. The number of fused-ring (bicyclic) bond motifs is 1. The quantitative estimate of drug-likeness (QED) is 0.698. The van der Waals surface area contributed by atoms with Gasteiger partial charge in [0.2, 0.25) is 5.65 Å². The summed E-state index contributed by atoms with van der Waals surface area (Å²) >= 11 is 0. The topological polar surface area (TPSA) is 72.9 Å². The van der Waals surface area contributed by atoms with E-state index in [1.807, 2.05) is 25.4 Å². The van der Waals surface area contributed by atoms with Crippen molar-refractivity contribution in [2.75, 3.05) is 11.9 Å². The van der Waals surface area contributed by atoms with Crippen molar-refractivity contribution in [2.24, 2.45) is 0 Å². The first-order valence-corrected chi connectivity index (χ1v) is 7.19. The molecule has 0 bridgehead atoms. The maximum atomic E-state index is 4.33. The molecule has 0 spiro atoms. The van der Waals surface area contributed by atoms with E-state index in [2.05, 4.69) is 37.1 Å². The van der Waals surface area contributed by atoms with Gasteiger partial charge in [-0.15, -0.1) is 10.2 Å². The molecule has 0 aromatic carbocycles. The minimum Gasteiger partial charge on any atom is -0.382 e. The Hall–Kier alpha value is -2.44. The SMILES string of the molecule is CCc1nccn1CCCNc1cc(C)nn2cnnc12. The summed E-state index contributed by atoms with van der Waals surface area (Å²) in [5.74, 6) is 1.13. The number of rotatable bonds is 6. The summed E-state index contributed by atoms with van der Waals surface area (Å²) in [5, 5.41) is 15.7. The van der Waals surface area contributed by atoms with E-state index >= 15 is 0 Å². The molecular weight excluding hydrogens is 266 g/mol. The van der Waals surface area contributed by atoms with Gasteiger partial charge in [-0.25, -0.2) is 4.98 Å². The maximum Gasteiger partial charge on any atom is 0.200 e. The second-order valence-corrected chi connectivity index (χ2v) is 4.97. The van der Waals surface area contributed by atoms with Gasteiger partial charge in [0.15, 0.2) is 0 Å². The number of aromatic nitrogens is 6. The Morgan fingerprint density at radius 3 is 3.10 bits per heavy atom. The van der Waals surface area contributed by atoms with Gasteiger partial charge in [0.05, 0.1) is 11.4 Å². The number of nitrogens with zero attached hydrogens (tertiary/aromatic N) is 6. The fourth-order valence-corrected chi connectivity index (χ4v) is 2.41. The molecule has 21 heavy (non-hydrogen) atoms. The molecule has 7 heteroatoms. The van der Waals surface area contributed by atoms with E-state index in [0.717, 1.165) is 48.8 Å². The molecule has 0 aliphatic rings. The summed E-state index contributed by atoms with van der Waals surface area (Å²) in [6, 6.07) is 2.00. The summed E-state index contributed by atoms with van der Waals surface area (Å²) in [6.07, 6.45) is 7.49. The highest BCUT2D eigenvalue weighted by molar-refractivity contribution is 5.66. The van der Waals surface area contributed by atoms with Crippen molar-refractivity contribution in [3.8, 4) is 0 Å². The molecule has 7 nitrogen and oxygen atoms in total. The van der Waals surface area contributed by atoms with Gasteiger partial charge in [-0.1, -0.05) is 6.92 Å². The average Bonchev–Trinajstić information content (AvgIpc) is 3.11. The van der Waals surface area contributed by atoms with Crippen molar-refractivity contribution in [1.29, 1.82) is 0 Å². The van der Waals surface area contributed by atoms with E-state index in [1.54, 1.807) is 10.8 Å². The number of aryl methyl sites for hydroxylation is 3. The summed E-state index contributed by atoms with van der Waals surface area (Å²) in [6.45, 7) is 5.92.